The molecule has 0 aromatic rings. The van der Waals surface area contributed by atoms with Crippen molar-refractivity contribution in [2.45, 2.75) is 71.8 Å². The van der Waals surface area contributed by atoms with Crippen molar-refractivity contribution in [2.24, 2.45) is 5.92 Å². The minimum Gasteiger partial charge on any atom is -0.449 e. The van der Waals surface area contributed by atoms with Crippen molar-refractivity contribution in [3.63, 3.8) is 0 Å². The average Bonchev–Trinajstić information content (AvgIpc) is 2.46. The summed E-state index contributed by atoms with van der Waals surface area (Å²) in [5, 5.41) is 0. The van der Waals surface area contributed by atoms with Crippen molar-refractivity contribution in [3.8, 4) is 0 Å². The first-order valence-corrected chi connectivity index (χ1v) is 10.6. The third-order valence-corrected chi connectivity index (χ3v) is 9.17. The molecule has 0 bridgehead atoms. The largest absolute Gasteiger partial charge is 0.449 e. The molecule has 1 fully saturated rings. The Kier molecular flexibility index (Phi) is 6.40. The van der Waals surface area contributed by atoms with Crippen molar-refractivity contribution >= 4 is 20.3 Å². The monoisotopic (exact) mass is 315 g/mol. The van der Waals surface area contributed by atoms with Gasteiger partial charge in [-0.05, 0) is 31.0 Å². The molecule has 1 saturated heterocycles. The van der Waals surface area contributed by atoms with Gasteiger partial charge in [0.05, 0.1) is 12.6 Å². The van der Waals surface area contributed by atoms with Crippen LogP contribution in [0.5, 0.6) is 0 Å². The summed E-state index contributed by atoms with van der Waals surface area (Å²) in [7, 11) is -1.86. The smallest absolute Gasteiger partial charge is 0.416 e. The van der Waals surface area contributed by atoms with E-state index in [1.807, 2.05) is 13.8 Å². The number of ether oxygens (including phenoxy) is 1. The third-order valence-electron chi connectivity index (χ3n) is 4.55. The zero-order valence-electron chi connectivity index (χ0n) is 14.1. The summed E-state index contributed by atoms with van der Waals surface area (Å²) in [6.07, 6.45) is -1.02. The maximum absolute atomic E-state index is 12.3. The molecular weight excluding hydrogens is 286 g/mol. The van der Waals surface area contributed by atoms with E-state index in [1.165, 1.54) is 4.90 Å². The molecule has 6 heteroatoms. The van der Waals surface area contributed by atoms with Gasteiger partial charge >= 0.3 is 6.09 Å². The Morgan fingerprint density at radius 2 is 1.71 bits per heavy atom. The van der Waals surface area contributed by atoms with Crippen molar-refractivity contribution < 1.29 is 18.8 Å². The fourth-order valence-electron chi connectivity index (χ4n) is 2.93. The number of likely N-dealkylation sites (tertiary alicyclic amines) is 1. The molecule has 1 aliphatic rings. The normalized spacial score (nSPS) is 22.4. The number of carbonyl (C=O) groups excluding carboxylic acids is 2. The van der Waals surface area contributed by atoms with Gasteiger partial charge in [-0.1, -0.05) is 34.6 Å². The summed E-state index contributed by atoms with van der Waals surface area (Å²) in [5.41, 5.74) is 0. The van der Waals surface area contributed by atoms with Gasteiger partial charge < -0.3 is 9.16 Å². The fourth-order valence-corrected chi connectivity index (χ4v) is 5.70. The molecular formula is C15H29NO4Si. The first-order valence-electron chi connectivity index (χ1n) is 8.05. The van der Waals surface area contributed by atoms with Crippen molar-refractivity contribution in [1.82, 2.24) is 4.90 Å². The molecule has 1 heterocycles. The molecule has 2 amide bonds. The maximum atomic E-state index is 12.3. The van der Waals surface area contributed by atoms with Gasteiger partial charge in [0.1, 0.15) is 6.10 Å². The van der Waals surface area contributed by atoms with E-state index in [1.54, 1.807) is 6.92 Å². The van der Waals surface area contributed by atoms with Gasteiger partial charge in [-0.2, -0.15) is 0 Å². The zero-order valence-corrected chi connectivity index (χ0v) is 15.1. The molecule has 2 atom stereocenters. The second-order valence-corrected chi connectivity index (χ2v) is 10.6. The van der Waals surface area contributed by atoms with E-state index in [0.717, 1.165) is 18.1 Å². The van der Waals surface area contributed by atoms with E-state index >= 15 is 0 Å². The second kappa shape index (κ2) is 7.40. The molecule has 122 valence electrons. The molecule has 0 radical (unpaired) electrons. The van der Waals surface area contributed by atoms with Crippen LogP contribution in [0.3, 0.4) is 0 Å². The quantitative estimate of drug-likeness (QED) is 0.534. The van der Waals surface area contributed by atoms with E-state index in [0.29, 0.717) is 0 Å². The van der Waals surface area contributed by atoms with E-state index in [9.17, 15) is 9.59 Å². The molecule has 1 aliphatic heterocycles. The van der Waals surface area contributed by atoms with Crippen LogP contribution >= 0.6 is 0 Å². The molecule has 0 saturated carbocycles. The second-order valence-electron chi connectivity index (χ2n) is 5.92. The van der Waals surface area contributed by atoms with Gasteiger partial charge in [-0.15, -0.1) is 0 Å². The van der Waals surface area contributed by atoms with Crippen LogP contribution < -0.4 is 0 Å². The molecule has 0 aliphatic carbocycles. The van der Waals surface area contributed by atoms with Crippen LogP contribution in [0.4, 0.5) is 4.79 Å². The average molecular weight is 315 g/mol. The van der Waals surface area contributed by atoms with Crippen molar-refractivity contribution in [2.75, 3.05) is 6.61 Å². The zero-order chi connectivity index (χ0) is 16.2. The van der Waals surface area contributed by atoms with Crippen LogP contribution in [-0.4, -0.2) is 44.0 Å². The highest BCUT2D eigenvalue weighted by Crippen LogP contribution is 2.34. The molecule has 2 unspecified atom stereocenters. The minimum absolute atomic E-state index is 0.161. The number of carbonyl (C=O) groups is 2. The Morgan fingerprint density at radius 3 is 2.10 bits per heavy atom. The molecule has 0 aromatic heterocycles. The van der Waals surface area contributed by atoms with E-state index in [-0.39, 0.29) is 24.5 Å². The molecule has 0 N–H and O–H groups in total. The molecule has 0 aromatic carbocycles. The predicted molar refractivity (Wildman–Crippen MR) is 84.6 cm³/mol. The maximum Gasteiger partial charge on any atom is 0.416 e. The summed E-state index contributed by atoms with van der Waals surface area (Å²) in [4.78, 5) is 25.5. The number of rotatable bonds is 7. The highest BCUT2D eigenvalue weighted by molar-refractivity contribution is 6.73. The van der Waals surface area contributed by atoms with Gasteiger partial charge in [-0.3, -0.25) is 4.79 Å². The van der Waals surface area contributed by atoms with Crippen molar-refractivity contribution in [1.29, 1.82) is 0 Å². The van der Waals surface area contributed by atoms with Gasteiger partial charge in [-0.25, -0.2) is 9.69 Å². The standard InChI is InChI=1S/C15H29NO4Si/c1-7-19-15(18)16-12(11(5)6)13(14(16)17)20-21(8-2,9-3)10-4/h11-13H,7-10H2,1-6H3. The number of hydrogen-bond acceptors (Lipinski definition) is 4. The number of hydrogen-bond donors (Lipinski definition) is 0. The molecule has 1 rings (SSSR count). The van der Waals surface area contributed by atoms with Crippen LogP contribution in [0.25, 0.3) is 0 Å². The van der Waals surface area contributed by atoms with Crippen LogP contribution in [-0.2, 0) is 14.0 Å². The molecule has 0 spiro atoms. The van der Waals surface area contributed by atoms with Gasteiger partial charge in [0.25, 0.3) is 5.91 Å². The Balaban J connectivity index is 2.89. The Labute approximate surface area is 129 Å². The highest BCUT2D eigenvalue weighted by atomic mass is 28.4. The van der Waals surface area contributed by atoms with Crippen LogP contribution in [0.2, 0.25) is 18.1 Å². The Hall–Kier alpha value is -0.883. The lowest BCUT2D eigenvalue weighted by atomic mass is 9.89. The van der Waals surface area contributed by atoms with Gasteiger partial charge in [0.2, 0.25) is 0 Å². The summed E-state index contributed by atoms with van der Waals surface area (Å²) >= 11 is 0. The number of amides is 2. The summed E-state index contributed by atoms with van der Waals surface area (Å²) in [5.74, 6) is -0.0752. The SMILES string of the molecule is CCOC(=O)N1C(=O)C(O[Si](CC)(CC)CC)C1C(C)C. The van der Waals surface area contributed by atoms with E-state index in [2.05, 4.69) is 20.8 Å². The lowest BCUT2D eigenvalue weighted by Gasteiger charge is -2.49. The van der Waals surface area contributed by atoms with E-state index < -0.39 is 20.5 Å². The number of nitrogens with zero attached hydrogens (tertiary/aromatic N) is 1. The lowest BCUT2D eigenvalue weighted by molar-refractivity contribution is -0.163. The Bertz CT molecular complexity index is 374. The predicted octanol–water partition coefficient (Wildman–Crippen LogP) is 3.40. The first kappa shape index (κ1) is 18.2. The topological polar surface area (TPSA) is 55.8 Å². The number of imide groups is 1. The molecule has 21 heavy (non-hydrogen) atoms. The fraction of sp³-hybridized carbons (Fsp3) is 0.867. The Morgan fingerprint density at radius 1 is 1.19 bits per heavy atom. The van der Waals surface area contributed by atoms with Crippen LogP contribution in [0, 0.1) is 5.92 Å². The number of β-lactam (4-membered cyclic amide) rings is 1. The third kappa shape index (κ3) is 3.48. The van der Waals surface area contributed by atoms with Crippen LogP contribution in [0.15, 0.2) is 0 Å². The minimum atomic E-state index is -1.86. The summed E-state index contributed by atoms with van der Waals surface area (Å²) in [6.45, 7) is 12.4. The van der Waals surface area contributed by atoms with Crippen LogP contribution in [0.1, 0.15) is 41.5 Å². The first-order chi connectivity index (χ1) is 9.87. The van der Waals surface area contributed by atoms with Gasteiger partial charge in [0, 0.05) is 0 Å². The lowest BCUT2D eigenvalue weighted by Crippen LogP contribution is -2.71. The molecule has 5 nitrogen and oxygen atoms in total. The van der Waals surface area contributed by atoms with Crippen molar-refractivity contribution in [3.05, 3.63) is 0 Å². The van der Waals surface area contributed by atoms with Gasteiger partial charge in [0.15, 0.2) is 8.32 Å². The van der Waals surface area contributed by atoms with E-state index in [4.69, 9.17) is 9.16 Å². The summed E-state index contributed by atoms with van der Waals surface area (Å²) in [6, 6.07) is 2.78. The summed E-state index contributed by atoms with van der Waals surface area (Å²) < 4.78 is 11.3. The highest BCUT2D eigenvalue weighted by Gasteiger charge is 2.55.